The number of hydrogen-bond acceptors (Lipinski definition) is 1. The van der Waals surface area contributed by atoms with Crippen LogP contribution in [0.5, 0.6) is 0 Å². The van der Waals surface area contributed by atoms with Crippen LogP contribution in [0.2, 0.25) is 0 Å². The third kappa shape index (κ3) is 2.19. The first-order valence-electron chi connectivity index (χ1n) is 3.47. The van der Waals surface area contributed by atoms with E-state index in [0.29, 0.717) is 6.61 Å². The summed E-state index contributed by atoms with van der Waals surface area (Å²) in [6, 6.07) is 10.9. The van der Waals surface area contributed by atoms with E-state index in [9.17, 15) is 0 Å². The first kappa shape index (κ1) is 7.29. The van der Waals surface area contributed by atoms with Crippen molar-refractivity contribution in [2.24, 2.45) is 0 Å². The highest BCUT2D eigenvalue weighted by Crippen LogP contribution is 1.98. The fraction of sp³-hybridized carbons (Fsp3) is 0.333. The molecule has 0 amide bonds. The molecule has 1 aromatic carbocycles. The zero-order valence-corrected chi connectivity index (χ0v) is 6.13. The second-order valence-electron chi connectivity index (χ2n) is 2.02. The van der Waals surface area contributed by atoms with Gasteiger partial charge in [0.15, 0.2) is 0 Å². The Morgan fingerprint density at radius 1 is 1.50 bits per heavy atom. The van der Waals surface area contributed by atoms with Crippen LogP contribution in [0, 0.1) is 6.07 Å². The molecule has 1 radical (unpaired) electrons. The molecular formula is C9H11O. The summed E-state index contributed by atoms with van der Waals surface area (Å²) in [6.45, 7) is 3.43. The van der Waals surface area contributed by atoms with Crippen LogP contribution in [-0.4, -0.2) is 6.61 Å². The molecule has 0 bridgehead atoms. The van der Waals surface area contributed by atoms with Crippen molar-refractivity contribution in [3.05, 3.63) is 35.9 Å². The summed E-state index contributed by atoms with van der Waals surface area (Å²) in [6.07, 6.45) is 0. The van der Waals surface area contributed by atoms with Crippen molar-refractivity contribution in [3.63, 3.8) is 0 Å². The highest BCUT2D eigenvalue weighted by molar-refractivity contribution is 5.11. The van der Waals surface area contributed by atoms with Crippen LogP contribution < -0.4 is 0 Å². The van der Waals surface area contributed by atoms with Crippen molar-refractivity contribution in [2.45, 2.75) is 13.5 Å². The summed E-state index contributed by atoms with van der Waals surface area (Å²) in [5.41, 5.74) is 1.12. The lowest BCUT2D eigenvalue weighted by Gasteiger charge is -1.98. The summed E-state index contributed by atoms with van der Waals surface area (Å²) in [7, 11) is 0. The molecular weight excluding hydrogens is 125 g/mol. The van der Waals surface area contributed by atoms with E-state index in [0.717, 1.165) is 12.2 Å². The molecule has 53 valence electrons. The Labute approximate surface area is 61.6 Å². The summed E-state index contributed by atoms with van der Waals surface area (Å²) >= 11 is 0. The van der Waals surface area contributed by atoms with Gasteiger partial charge in [0.05, 0.1) is 6.61 Å². The molecule has 0 saturated carbocycles. The van der Waals surface area contributed by atoms with Gasteiger partial charge >= 0.3 is 0 Å². The summed E-state index contributed by atoms with van der Waals surface area (Å²) in [5, 5.41) is 0. The van der Waals surface area contributed by atoms with Gasteiger partial charge in [0.25, 0.3) is 0 Å². The van der Waals surface area contributed by atoms with Crippen molar-refractivity contribution in [1.82, 2.24) is 0 Å². The lowest BCUT2D eigenvalue weighted by Crippen LogP contribution is -1.90. The minimum Gasteiger partial charge on any atom is -0.377 e. The molecule has 0 unspecified atom stereocenters. The molecule has 10 heavy (non-hydrogen) atoms. The molecule has 1 heteroatoms. The van der Waals surface area contributed by atoms with Gasteiger partial charge in [-0.3, -0.25) is 0 Å². The predicted octanol–water partition coefficient (Wildman–Crippen LogP) is 2.02. The van der Waals surface area contributed by atoms with Gasteiger partial charge in [0.1, 0.15) is 0 Å². The number of hydrogen-bond donors (Lipinski definition) is 0. The molecule has 0 heterocycles. The van der Waals surface area contributed by atoms with Gasteiger partial charge in [-0.25, -0.2) is 0 Å². The van der Waals surface area contributed by atoms with Crippen LogP contribution in [0.1, 0.15) is 12.5 Å². The Bertz CT molecular complexity index is 169. The molecule has 0 atom stereocenters. The third-order valence-corrected chi connectivity index (χ3v) is 1.24. The molecule has 0 fully saturated rings. The Morgan fingerprint density at radius 3 is 3.00 bits per heavy atom. The third-order valence-electron chi connectivity index (χ3n) is 1.24. The zero-order valence-electron chi connectivity index (χ0n) is 6.13. The Balaban J connectivity index is 2.43. The van der Waals surface area contributed by atoms with Gasteiger partial charge in [-0.05, 0) is 18.6 Å². The lowest BCUT2D eigenvalue weighted by atomic mass is 10.2. The maximum absolute atomic E-state index is 5.19. The molecule has 1 aromatic rings. The lowest BCUT2D eigenvalue weighted by molar-refractivity contribution is 0.134. The van der Waals surface area contributed by atoms with E-state index >= 15 is 0 Å². The zero-order chi connectivity index (χ0) is 7.23. The normalized spacial score (nSPS) is 9.70. The first-order chi connectivity index (χ1) is 4.93. The molecule has 1 rings (SSSR count). The van der Waals surface area contributed by atoms with Gasteiger partial charge in [-0.2, -0.15) is 0 Å². The van der Waals surface area contributed by atoms with E-state index in [1.54, 1.807) is 0 Å². The number of benzene rings is 1. The van der Waals surface area contributed by atoms with E-state index in [2.05, 4.69) is 6.07 Å². The van der Waals surface area contributed by atoms with Crippen molar-refractivity contribution >= 4 is 0 Å². The fourth-order valence-electron chi connectivity index (χ4n) is 0.732. The number of rotatable bonds is 3. The monoisotopic (exact) mass is 136 g/mol. The van der Waals surface area contributed by atoms with E-state index in [4.69, 9.17) is 4.74 Å². The quantitative estimate of drug-likeness (QED) is 0.577. The minimum absolute atomic E-state index is 0.678. The highest BCUT2D eigenvalue weighted by Gasteiger charge is 1.87. The number of ether oxygens (including phenoxy) is 1. The summed E-state index contributed by atoms with van der Waals surface area (Å²) < 4.78 is 5.19. The van der Waals surface area contributed by atoms with Gasteiger partial charge < -0.3 is 4.74 Å². The molecule has 0 saturated heterocycles. The fourth-order valence-corrected chi connectivity index (χ4v) is 0.732. The van der Waals surface area contributed by atoms with Crippen LogP contribution in [0.3, 0.4) is 0 Å². The smallest absolute Gasteiger partial charge is 0.0722 e. The van der Waals surface area contributed by atoms with Gasteiger partial charge in [0.2, 0.25) is 0 Å². The highest BCUT2D eigenvalue weighted by atomic mass is 16.5. The van der Waals surface area contributed by atoms with Crippen molar-refractivity contribution in [1.29, 1.82) is 0 Å². The maximum Gasteiger partial charge on any atom is 0.0722 e. The summed E-state index contributed by atoms with van der Waals surface area (Å²) in [5.74, 6) is 0. The van der Waals surface area contributed by atoms with Crippen LogP contribution >= 0.6 is 0 Å². The van der Waals surface area contributed by atoms with Gasteiger partial charge in [-0.15, -0.1) is 0 Å². The van der Waals surface area contributed by atoms with E-state index in [-0.39, 0.29) is 0 Å². The molecule has 0 spiro atoms. The molecule has 0 N–H and O–H groups in total. The Hall–Kier alpha value is -0.820. The molecule has 0 aromatic heterocycles. The minimum atomic E-state index is 0.678. The summed E-state index contributed by atoms with van der Waals surface area (Å²) in [4.78, 5) is 0. The predicted molar refractivity (Wildman–Crippen MR) is 40.6 cm³/mol. The van der Waals surface area contributed by atoms with Crippen LogP contribution in [-0.2, 0) is 11.3 Å². The second-order valence-corrected chi connectivity index (χ2v) is 2.02. The van der Waals surface area contributed by atoms with E-state index in [1.807, 2.05) is 31.2 Å². The van der Waals surface area contributed by atoms with Gasteiger partial charge in [0, 0.05) is 6.61 Å². The van der Waals surface area contributed by atoms with E-state index < -0.39 is 0 Å². The Kier molecular flexibility index (Phi) is 2.97. The molecule has 1 nitrogen and oxygen atoms in total. The van der Waals surface area contributed by atoms with Crippen LogP contribution in [0.4, 0.5) is 0 Å². The van der Waals surface area contributed by atoms with Crippen LogP contribution in [0.25, 0.3) is 0 Å². The maximum atomic E-state index is 5.19. The first-order valence-corrected chi connectivity index (χ1v) is 3.47. The topological polar surface area (TPSA) is 9.23 Å². The standard InChI is InChI=1S/C9H11O/c1-2-10-8-9-6-4-3-5-7-9/h3-6H,2,8H2,1H3/i2+1. The van der Waals surface area contributed by atoms with Crippen molar-refractivity contribution in [2.75, 3.05) is 6.61 Å². The molecule has 0 aliphatic heterocycles. The average Bonchev–Trinajstić information content (AvgIpc) is 2.03. The largest absolute Gasteiger partial charge is 0.377 e. The molecule has 0 aliphatic rings. The SMILES string of the molecule is C[13CH2]OCc1[c]cccc1. The van der Waals surface area contributed by atoms with Crippen molar-refractivity contribution < 1.29 is 4.74 Å². The average molecular weight is 136 g/mol. The van der Waals surface area contributed by atoms with Crippen molar-refractivity contribution in [3.8, 4) is 0 Å². The van der Waals surface area contributed by atoms with Crippen LogP contribution in [0.15, 0.2) is 24.3 Å². The van der Waals surface area contributed by atoms with Gasteiger partial charge in [-0.1, -0.05) is 24.3 Å². The second kappa shape index (κ2) is 4.07. The Morgan fingerprint density at radius 2 is 2.40 bits per heavy atom. The van der Waals surface area contributed by atoms with E-state index in [1.165, 1.54) is 0 Å². The molecule has 0 aliphatic carbocycles.